The third kappa shape index (κ3) is 3.70. The molecule has 3 saturated heterocycles. The van der Waals surface area contributed by atoms with Crippen LogP contribution in [-0.4, -0.2) is 73.0 Å². The number of amides is 1. The Morgan fingerprint density at radius 1 is 1.00 bits per heavy atom. The summed E-state index contributed by atoms with van der Waals surface area (Å²) in [6.45, 7) is 4.58. The van der Waals surface area contributed by atoms with Crippen LogP contribution in [0.3, 0.4) is 0 Å². The van der Waals surface area contributed by atoms with Gasteiger partial charge < -0.3 is 20.3 Å². The van der Waals surface area contributed by atoms with E-state index >= 15 is 0 Å². The van der Waals surface area contributed by atoms with Crippen molar-refractivity contribution in [2.75, 3.05) is 39.3 Å². The number of likely N-dealkylation sites (tertiary alicyclic amines) is 1. The van der Waals surface area contributed by atoms with Crippen molar-refractivity contribution in [3.05, 3.63) is 71.8 Å². The molecule has 168 valence electrons. The van der Waals surface area contributed by atoms with Crippen LogP contribution in [0, 0.1) is 0 Å². The van der Waals surface area contributed by atoms with Crippen molar-refractivity contribution in [2.24, 2.45) is 0 Å². The number of hydrogen-bond acceptors (Lipinski definition) is 6. The van der Waals surface area contributed by atoms with E-state index in [1.54, 1.807) is 0 Å². The maximum Gasteiger partial charge on any atom is 0.327 e. The van der Waals surface area contributed by atoms with Gasteiger partial charge in [-0.25, -0.2) is 4.90 Å². The van der Waals surface area contributed by atoms with Gasteiger partial charge in [-0.3, -0.25) is 9.59 Å². The van der Waals surface area contributed by atoms with E-state index in [0.717, 1.165) is 30.8 Å². The Balaban J connectivity index is 1.48. The van der Waals surface area contributed by atoms with Gasteiger partial charge in [-0.15, -0.1) is 0 Å². The fourth-order valence-corrected chi connectivity index (χ4v) is 5.26. The third-order valence-corrected chi connectivity index (χ3v) is 6.79. The van der Waals surface area contributed by atoms with Gasteiger partial charge in [0, 0.05) is 37.3 Å². The summed E-state index contributed by atoms with van der Waals surface area (Å²) in [5.74, 6) is -0.379. The molecule has 0 spiro atoms. The molecule has 0 aliphatic carbocycles. The van der Waals surface area contributed by atoms with Crippen LogP contribution in [0.1, 0.15) is 24.0 Å². The Kier molecular flexibility index (Phi) is 5.95. The lowest BCUT2D eigenvalue weighted by Gasteiger charge is -2.44. The average molecular weight is 435 g/mol. The van der Waals surface area contributed by atoms with E-state index in [-0.39, 0.29) is 11.9 Å². The molecule has 0 aromatic heterocycles. The van der Waals surface area contributed by atoms with Crippen molar-refractivity contribution < 1.29 is 14.3 Å². The Morgan fingerprint density at radius 2 is 1.62 bits per heavy atom. The van der Waals surface area contributed by atoms with E-state index in [1.165, 1.54) is 12.8 Å². The third-order valence-electron chi connectivity index (χ3n) is 6.79. The minimum atomic E-state index is -1.14. The molecule has 0 radical (unpaired) electrons. The lowest BCUT2D eigenvalue weighted by Crippen LogP contribution is -2.66. The van der Waals surface area contributed by atoms with Crippen LogP contribution >= 0.6 is 0 Å². The number of benzene rings is 2. The van der Waals surface area contributed by atoms with Gasteiger partial charge in [0.2, 0.25) is 11.6 Å². The second-order valence-corrected chi connectivity index (χ2v) is 8.73. The first-order valence-corrected chi connectivity index (χ1v) is 11.5. The Hall–Kier alpha value is -2.74. The predicted octanol–water partition coefficient (Wildman–Crippen LogP) is 1.30. The molecule has 3 fully saturated rings. The standard InChI is InChI=1S/C25H30N4O3/c30-23(27-13-16-28-14-7-8-15-28)21-17-26-18-22-24(31)32-25(29(21)22,19-9-3-1-4-10-19)20-11-5-2-6-12-20/h1-6,9-12,21-22,26H,7-8,13-18H2,(H,27,30). The summed E-state index contributed by atoms with van der Waals surface area (Å²) in [7, 11) is 0. The maximum atomic E-state index is 13.4. The predicted molar refractivity (Wildman–Crippen MR) is 121 cm³/mol. The summed E-state index contributed by atoms with van der Waals surface area (Å²) in [5.41, 5.74) is 0.557. The number of carbonyl (C=O) groups is 2. The van der Waals surface area contributed by atoms with Crippen LogP contribution in [0.15, 0.2) is 60.7 Å². The van der Waals surface area contributed by atoms with Crippen molar-refractivity contribution in [3.63, 3.8) is 0 Å². The van der Waals surface area contributed by atoms with Crippen molar-refractivity contribution in [1.82, 2.24) is 20.4 Å². The number of hydrogen-bond donors (Lipinski definition) is 2. The summed E-state index contributed by atoms with van der Waals surface area (Å²) in [5, 5.41) is 6.39. The van der Waals surface area contributed by atoms with Crippen molar-refractivity contribution in [2.45, 2.75) is 30.7 Å². The van der Waals surface area contributed by atoms with Crippen molar-refractivity contribution in [1.29, 1.82) is 0 Å². The van der Waals surface area contributed by atoms with Crippen molar-refractivity contribution >= 4 is 11.9 Å². The van der Waals surface area contributed by atoms with E-state index in [2.05, 4.69) is 15.5 Å². The molecule has 2 aromatic carbocycles. The minimum absolute atomic E-state index is 0.0732. The smallest absolute Gasteiger partial charge is 0.327 e. The molecule has 3 heterocycles. The van der Waals surface area contributed by atoms with Gasteiger partial charge in [0.1, 0.15) is 12.1 Å². The molecule has 32 heavy (non-hydrogen) atoms. The highest BCUT2D eigenvalue weighted by Crippen LogP contribution is 2.45. The lowest BCUT2D eigenvalue weighted by atomic mass is 9.90. The van der Waals surface area contributed by atoms with E-state index in [9.17, 15) is 9.59 Å². The number of rotatable bonds is 6. The van der Waals surface area contributed by atoms with Crippen LogP contribution < -0.4 is 10.6 Å². The SMILES string of the molecule is O=C(NCCN1CCCC1)C1CNCC2C(=O)OC(c3ccccc3)(c3ccccc3)N12. The fourth-order valence-electron chi connectivity index (χ4n) is 5.26. The molecule has 7 nitrogen and oxygen atoms in total. The highest BCUT2D eigenvalue weighted by Gasteiger charge is 2.60. The molecule has 2 N–H and O–H groups in total. The van der Waals surface area contributed by atoms with Crippen LogP contribution in [0.2, 0.25) is 0 Å². The molecule has 5 rings (SSSR count). The minimum Gasteiger partial charge on any atom is -0.434 e. The first-order valence-electron chi connectivity index (χ1n) is 11.5. The Bertz CT molecular complexity index is 907. The summed E-state index contributed by atoms with van der Waals surface area (Å²) in [4.78, 5) is 30.8. The van der Waals surface area contributed by atoms with Gasteiger partial charge in [0.15, 0.2) is 0 Å². The molecule has 7 heteroatoms. The Labute approximate surface area is 188 Å². The highest BCUT2D eigenvalue weighted by atomic mass is 16.6. The van der Waals surface area contributed by atoms with Gasteiger partial charge in [0.25, 0.3) is 0 Å². The van der Waals surface area contributed by atoms with E-state index < -0.39 is 17.8 Å². The van der Waals surface area contributed by atoms with Crippen LogP contribution in [0.5, 0.6) is 0 Å². The highest BCUT2D eigenvalue weighted by molar-refractivity contribution is 5.86. The van der Waals surface area contributed by atoms with E-state index in [1.807, 2.05) is 65.6 Å². The number of cyclic esters (lactones) is 1. The molecular formula is C25H30N4O3. The normalized spacial score (nSPS) is 25.3. The second kappa shape index (κ2) is 9.02. The number of carbonyl (C=O) groups excluding carboxylic acids is 2. The summed E-state index contributed by atoms with van der Waals surface area (Å²) in [6, 6.07) is 18.4. The average Bonchev–Trinajstić information content (AvgIpc) is 3.47. The van der Waals surface area contributed by atoms with Crippen LogP contribution in [-0.2, 0) is 20.1 Å². The number of nitrogens with zero attached hydrogens (tertiary/aromatic N) is 2. The molecule has 3 aliphatic heterocycles. The van der Waals surface area contributed by atoms with Gasteiger partial charge in [-0.05, 0) is 25.9 Å². The van der Waals surface area contributed by atoms with Crippen LogP contribution in [0.4, 0.5) is 0 Å². The number of esters is 1. The topological polar surface area (TPSA) is 73.9 Å². The first kappa shape index (κ1) is 21.1. The monoisotopic (exact) mass is 434 g/mol. The largest absolute Gasteiger partial charge is 0.434 e. The number of nitrogens with one attached hydrogen (secondary N) is 2. The molecular weight excluding hydrogens is 404 g/mol. The summed E-state index contributed by atoms with van der Waals surface area (Å²) in [6.07, 6.45) is 2.46. The molecule has 2 atom stereocenters. The lowest BCUT2D eigenvalue weighted by molar-refractivity contribution is -0.153. The number of piperazine rings is 1. The van der Waals surface area contributed by atoms with Gasteiger partial charge in [-0.1, -0.05) is 60.7 Å². The van der Waals surface area contributed by atoms with Gasteiger partial charge in [-0.2, -0.15) is 0 Å². The van der Waals surface area contributed by atoms with E-state index in [0.29, 0.717) is 19.6 Å². The molecule has 0 bridgehead atoms. The van der Waals surface area contributed by atoms with Gasteiger partial charge in [0.05, 0.1) is 0 Å². The van der Waals surface area contributed by atoms with Crippen LogP contribution in [0.25, 0.3) is 0 Å². The second-order valence-electron chi connectivity index (χ2n) is 8.73. The number of ether oxygens (including phenoxy) is 1. The molecule has 1 amide bonds. The summed E-state index contributed by atoms with van der Waals surface area (Å²) >= 11 is 0. The Morgan fingerprint density at radius 3 is 2.25 bits per heavy atom. The summed E-state index contributed by atoms with van der Waals surface area (Å²) < 4.78 is 6.19. The number of fused-ring (bicyclic) bond motifs is 1. The zero-order valence-electron chi connectivity index (χ0n) is 18.2. The zero-order chi connectivity index (χ0) is 22.0. The fraction of sp³-hybridized carbons (Fsp3) is 0.440. The molecule has 3 aliphatic rings. The van der Waals surface area contributed by atoms with E-state index in [4.69, 9.17) is 4.74 Å². The first-order chi connectivity index (χ1) is 15.7. The molecule has 2 aromatic rings. The zero-order valence-corrected chi connectivity index (χ0v) is 18.2. The molecule has 0 saturated carbocycles. The molecule has 2 unspecified atom stereocenters. The van der Waals surface area contributed by atoms with Crippen molar-refractivity contribution in [3.8, 4) is 0 Å². The van der Waals surface area contributed by atoms with Gasteiger partial charge >= 0.3 is 5.97 Å². The quantitative estimate of drug-likeness (QED) is 0.668. The maximum absolute atomic E-state index is 13.4.